The molecule has 0 bridgehead atoms. The molecule has 2 atom stereocenters. The zero-order valence-corrected chi connectivity index (χ0v) is 10.3. The predicted molar refractivity (Wildman–Crippen MR) is 66.3 cm³/mol. The van der Waals surface area contributed by atoms with Gasteiger partial charge in [-0.15, -0.1) is 0 Å². The van der Waals surface area contributed by atoms with Gasteiger partial charge < -0.3 is 11.1 Å². The first-order valence-electron chi connectivity index (χ1n) is 5.30. The summed E-state index contributed by atoms with van der Waals surface area (Å²) in [5.41, 5.74) is 6.47. The van der Waals surface area contributed by atoms with Gasteiger partial charge in [0.05, 0.1) is 6.04 Å². The molecule has 3 nitrogen and oxygen atoms in total. The van der Waals surface area contributed by atoms with Crippen LogP contribution in [0.3, 0.4) is 0 Å². The van der Waals surface area contributed by atoms with Gasteiger partial charge in [-0.2, -0.15) is 0 Å². The zero-order valence-electron chi connectivity index (χ0n) is 9.53. The molecule has 0 heterocycles. The molecule has 1 amide bonds. The highest BCUT2D eigenvalue weighted by Gasteiger charge is 2.12. The third-order valence-corrected chi connectivity index (χ3v) is 2.60. The molecule has 0 aromatic heterocycles. The first kappa shape index (κ1) is 13.0. The van der Waals surface area contributed by atoms with Crippen molar-refractivity contribution in [2.24, 2.45) is 5.73 Å². The topological polar surface area (TPSA) is 55.1 Å². The maximum Gasteiger partial charge on any atom is 0.222 e. The van der Waals surface area contributed by atoms with Crippen molar-refractivity contribution >= 4 is 17.5 Å². The Morgan fingerprint density at radius 2 is 2.06 bits per heavy atom. The van der Waals surface area contributed by atoms with Gasteiger partial charge in [-0.1, -0.05) is 29.8 Å². The second kappa shape index (κ2) is 5.87. The van der Waals surface area contributed by atoms with E-state index in [4.69, 9.17) is 17.3 Å². The van der Waals surface area contributed by atoms with Gasteiger partial charge in [0, 0.05) is 17.5 Å². The number of nitrogens with one attached hydrogen (secondary N) is 1. The average molecular weight is 241 g/mol. The van der Waals surface area contributed by atoms with Crippen LogP contribution in [-0.4, -0.2) is 11.9 Å². The Bertz CT molecular complexity index is 366. The highest BCUT2D eigenvalue weighted by atomic mass is 35.5. The fourth-order valence-corrected chi connectivity index (χ4v) is 1.80. The molecule has 16 heavy (non-hydrogen) atoms. The van der Waals surface area contributed by atoms with Gasteiger partial charge in [-0.3, -0.25) is 4.79 Å². The van der Waals surface area contributed by atoms with Gasteiger partial charge in [0.1, 0.15) is 0 Å². The number of halogens is 1. The molecule has 0 radical (unpaired) electrons. The van der Waals surface area contributed by atoms with E-state index in [0.717, 1.165) is 5.56 Å². The number of benzene rings is 1. The lowest BCUT2D eigenvalue weighted by atomic mass is 10.1. The van der Waals surface area contributed by atoms with E-state index in [1.807, 2.05) is 31.2 Å². The number of hydrogen-bond donors (Lipinski definition) is 2. The summed E-state index contributed by atoms with van der Waals surface area (Å²) in [4.78, 5) is 11.5. The van der Waals surface area contributed by atoms with E-state index < -0.39 is 0 Å². The number of rotatable bonds is 4. The smallest absolute Gasteiger partial charge is 0.222 e. The highest BCUT2D eigenvalue weighted by molar-refractivity contribution is 6.31. The van der Waals surface area contributed by atoms with Crippen LogP contribution < -0.4 is 11.1 Å². The largest absolute Gasteiger partial charge is 0.349 e. The van der Waals surface area contributed by atoms with Crippen LogP contribution in [0, 0.1) is 0 Å². The van der Waals surface area contributed by atoms with E-state index >= 15 is 0 Å². The van der Waals surface area contributed by atoms with Crippen molar-refractivity contribution in [1.29, 1.82) is 0 Å². The second-order valence-electron chi connectivity index (χ2n) is 3.99. The maximum atomic E-state index is 11.5. The highest BCUT2D eigenvalue weighted by Crippen LogP contribution is 2.22. The van der Waals surface area contributed by atoms with Crippen molar-refractivity contribution < 1.29 is 4.79 Å². The predicted octanol–water partition coefficient (Wildman–Crippen LogP) is 2.25. The summed E-state index contributed by atoms with van der Waals surface area (Å²) in [7, 11) is 0. The molecule has 1 unspecified atom stereocenters. The Morgan fingerprint density at radius 3 is 2.62 bits per heavy atom. The van der Waals surface area contributed by atoms with Gasteiger partial charge >= 0.3 is 0 Å². The van der Waals surface area contributed by atoms with Crippen LogP contribution in [0.4, 0.5) is 0 Å². The molecule has 0 spiro atoms. The van der Waals surface area contributed by atoms with Crippen LogP contribution in [0.25, 0.3) is 0 Å². The minimum Gasteiger partial charge on any atom is -0.349 e. The Morgan fingerprint density at radius 1 is 1.44 bits per heavy atom. The molecule has 0 aliphatic rings. The van der Waals surface area contributed by atoms with Crippen molar-refractivity contribution in [3.8, 4) is 0 Å². The Hall–Kier alpha value is -1.06. The summed E-state index contributed by atoms with van der Waals surface area (Å²) in [5.74, 6) is -0.0533. The minimum absolute atomic E-state index is 0.0533. The van der Waals surface area contributed by atoms with Gasteiger partial charge in [-0.25, -0.2) is 0 Å². The van der Waals surface area contributed by atoms with E-state index in [-0.39, 0.29) is 18.0 Å². The van der Waals surface area contributed by atoms with Gasteiger partial charge in [0.15, 0.2) is 0 Å². The van der Waals surface area contributed by atoms with E-state index in [1.165, 1.54) is 0 Å². The quantitative estimate of drug-likeness (QED) is 0.848. The molecule has 88 valence electrons. The molecule has 1 aromatic carbocycles. The van der Waals surface area contributed by atoms with Crippen molar-refractivity contribution in [2.75, 3.05) is 0 Å². The summed E-state index contributed by atoms with van der Waals surface area (Å²) >= 11 is 6.03. The van der Waals surface area contributed by atoms with Crippen LogP contribution in [0.2, 0.25) is 5.02 Å². The Balaban J connectivity index is 2.62. The standard InChI is InChI=1S/C12H17ClN2O/c1-8(14)7-12(16)15-9(2)10-5-3-4-6-11(10)13/h3-6,8-9H,7,14H2,1-2H3,(H,15,16)/t8?,9-/m1/s1. The monoisotopic (exact) mass is 240 g/mol. The van der Waals surface area contributed by atoms with E-state index in [0.29, 0.717) is 11.4 Å². The number of hydrogen-bond acceptors (Lipinski definition) is 2. The third-order valence-electron chi connectivity index (χ3n) is 2.26. The summed E-state index contributed by atoms with van der Waals surface area (Å²) in [5, 5.41) is 3.53. The zero-order chi connectivity index (χ0) is 12.1. The van der Waals surface area contributed by atoms with Crippen LogP contribution in [-0.2, 0) is 4.79 Å². The van der Waals surface area contributed by atoms with Gasteiger partial charge in [0.2, 0.25) is 5.91 Å². The number of carbonyl (C=O) groups excluding carboxylic acids is 1. The third kappa shape index (κ3) is 3.83. The molecule has 0 saturated heterocycles. The Kier molecular flexibility index (Phi) is 4.77. The molecule has 3 N–H and O–H groups in total. The van der Waals surface area contributed by atoms with E-state index in [1.54, 1.807) is 6.92 Å². The van der Waals surface area contributed by atoms with Crippen LogP contribution in [0.1, 0.15) is 31.9 Å². The molecule has 4 heteroatoms. The molecule has 0 saturated carbocycles. The lowest BCUT2D eigenvalue weighted by Crippen LogP contribution is -2.31. The maximum absolute atomic E-state index is 11.5. The molecular weight excluding hydrogens is 224 g/mol. The molecule has 1 aromatic rings. The number of amides is 1. The lowest BCUT2D eigenvalue weighted by Gasteiger charge is -2.16. The normalized spacial score (nSPS) is 14.2. The average Bonchev–Trinajstić information content (AvgIpc) is 2.16. The molecule has 0 aliphatic carbocycles. The summed E-state index contributed by atoms with van der Waals surface area (Å²) < 4.78 is 0. The first-order chi connectivity index (χ1) is 7.50. The molecule has 0 aliphatic heterocycles. The number of nitrogens with two attached hydrogens (primary N) is 1. The fraction of sp³-hybridized carbons (Fsp3) is 0.417. The van der Waals surface area contributed by atoms with Crippen LogP contribution in [0.15, 0.2) is 24.3 Å². The van der Waals surface area contributed by atoms with E-state index in [2.05, 4.69) is 5.32 Å². The summed E-state index contributed by atoms with van der Waals surface area (Å²) in [6.45, 7) is 3.71. The van der Waals surface area contributed by atoms with E-state index in [9.17, 15) is 4.79 Å². The number of carbonyl (C=O) groups is 1. The summed E-state index contributed by atoms with van der Waals surface area (Å²) in [6.07, 6.45) is 0.328. The fourth-order valence-electron chi connectivity index (χ4n) is 1.50. The van der Waals surface area contributed by atoms with Gasteiger partial charge in [0.25, 0.3) is 0 Å². The SMILES string of the molecule is CC(N)CC(=O)N[C@H](C)c1ccccc1Cl. The summed E-state index contributed by atoms with van der Waals surface area (Å²) in [6, 6.07) is 7.25. The lowest BCUT2D eigenvalue weighted by molar-refractivity contribution is -0.121. The van der Waals surface area contributed by atoms with Crippen LogP contribution >= 0.6 is 11.6 Å². The van der Waals surface area contributed by atoms with Crippen molar-refractivity contribution in [3.05, 3.63) is 34.9 Å². The first-order valence-corrected chi connectivity index (χ1v) is 5.68. The van der Waals surface area contributed by atoms with Crippen molar-refractivity contribution in [3.63, 3.8) is 0 Å². The molecule has 0 fully saturated rings. The molecular formula is C12H17ClN2O. The van der Waals surface area contributed by atoms with Crippen molar-refractivity contribution in [1.82, 2.24) is 5.32 Å². The molecule has 1 rings (SSSR count). The van der Waals surface area contributed by atoms with Crippen molar-refractivity contribution in [2.45, 2.75) is 32.4 Å². The van der Waals surface area contributed by atoms with Crippen LogP contribution in [0.5, 0.6) is 0 Å². The van der Waals surface area contributed by atoms with Gasteiger partial charge in [-0.05, 0) is 25.5 Å². The Labute approximate surface area is 101 Å². The minimum atomic E-state index is -0.126. The second-order valence-corrected chi connectivity index (χ2v) is 4.40.